The van der Waals surface area contributed by atoms with Gasteiger partial charge in [0.05, 0.1) is 0 Å². The number of likely N-dealkylation sites (N-methyl/N-ethyl adjacent to an activating group) is 1. The minimum atomic E-state index is 0.176. The fourth-order valence-corrected chi connectivity index (χ4v) is 1.24. The smallest absolute Gasteiger partial charge is 0.0246 e. The van der Waals surface area contributed by atoms with Gasteiger partial charge in [0.25, 0.3) is 0 Å². The van der Waals surface area contributed by atoms with Crippen molar-refractivity contribution in [3.63, 3.8) is 0 Å². The highest BCUT2D eigenvalue weighted by Crippen LogP contribution is 1.98. The fourth-order valence-electron chi connectivity index (χ4n) is 1.24. The fraction of sp³-hybridized carbons (Fsp3) is 0.636. The van der Waals surface area contributed by atoms with Crippen molar-refractivity contribution in [1.82, 2.24) is 15.6 Å². The maximum absolute atomic E-state index is 3.43. The predicted octanol–water partition coefficient (Wildman–Crippen LogP) is 1.14. The molecule has 3 heteroatoms. The molecule has 0 aliphatic carbocycles. The van der Waals surface area contributed by atoms with E-state index in [1.165, 1.54) is 5.69 Å². The monoisotopic (exact) mass is 195 g/mol. The highest BCUT2D eigenvalue weighted by atomic mass is 15.0. The van der Waals surface area contributed by atoms with Gasteiger partial charge in [-0.15, -0.1) is 0 Å². The van der Waals surface area contributed by atoms with Gasteiger partial charge in [0, 0.05) is 30.5 Å². The highest BCUT2D eigenvalue weighted by molar-refractivity contribution is 5.03. The topological polar surface area (TPSA) is 39.8 Å². The Morgan fingerprint density at radius 2 is 2.21 bits per heavy atom. The molecular formula is C11H21N3. The third kappa shape index (κ3) is 3.94. The maximum Gasteiger partial charge on any atom is 0.0246 e. The summed E-state index contributed by atoms with van der Waals surface area (Å²) in [6.07, 6.45) is 3.03. The molecule has 0 aromatic carbocycles. The summed E-state index contributed by atoms with van der Waals surface area (Å²) in [6, 6.07) is 4.15. The summed E-state index contributed by atoms with van der Waals surface area (Å²) in [5, 5.41) is 6.70. The zero-order valence-corrected chi connectivity index (χ0v) is 9.35. The summed E-state index contributed by atoms with van der Waals surface area (Å²) < 4.78 is 0. The third-order valence-corrected chi connectivity index (χ3v) is 2.48. The van der Waals surface area contributed by atoms with Crippen LogP contribution in [0.15, 0.2) is 18.3 Å². The van der Waals surface area contributed by atoms with Crippen LogP contribution in [0.4, 0.5) is 0 Å². The van der Waals surface area contributed by atoms with Crippen LogP contribution in [0.5, 0.6) is 0 Å². The summed E-state index contributed by atoms with van der Waals surface area (Å²) >= 11 is 0. The SMILES string of the molecule is CNC(C)(C)CNCCc1ccc[nH]1. The van der Waals surface area contributed by atoms with Crippen molar-refractivity contribution in [3.8, 4) is 0 Å². The third-order valence-electron chi connectivity index (χ3n) is 2.48. The molecule has 80 valence electrons. The van der Waals surface area contributed by atoms with Crippen molar-refractivity contribution in [3.05, 3.63) is 24.0 Å². The number of aromatic nitrogens is 1. The minimum absolute atomic E-state index is 0.176. The van der Waals surface area contributed by atoms with Crippen LogP contribution in [-0.4, -0.2) is 30.7 Å². The van der Waals surface area contributed by atoms with Crippen LogP contribution in [0, 0.1) is 0 Å². The Balaban J connectivity index is 2.11. The van der Waals surface area contributed by atoms with Crippen LogP contribution in [0.2, 0.25) is 0 Å². The Kier molecular flexibility index (Phi) is 4.17. The first-order valence-corrected chi connectivity index (χ1v) is 5.16. The lowest BCUT2D eigenvalue weighted by molar-refractivity contribution is 0.395. The zero-order chi connectivity index (χ0) is 10.4. The van der Waals surface area contributed by atoms with Gasteiger partial charge in [-0.2, -0.15) is 0 Å². The molecule has 0 spiro atoms. The van der Waals surface area contributed by atoms with E-state index < -0.39 is 0 Å². The number of hydrogen-bond donors (Lipinski definition) is 3. The average molecular weight is 195 g/mol. The molecule has 0 saturated carbocycles. The molecule has 0 aliphatic heterocycles. The lowest BCUT2D eigenvalue weighted by Crippen LogP contribution is -2.46. The van der Waals surface area contributed by atoms with Gasteiger partial charge < -0.3 is 15.6 Å². The number of nitrogens with one attached hydrogen (secondary N) is 3. The molecule has 14 heavy (non-hydrogen) atoms. The second-order valence-corrected chi connectivity index (χ2v) is 4.26. The Hall–Kier alpha value is -0.800. The number of H-pyrrole nitrogens is 1. The first-order chi connectivity index (χ1) is 6.64. The zero-order valence-electron chi connectivity index (χ0n) is 9.35. The Bertz CT molecular complexity index is 239. The summed E-state index contributed by atoms with van der Waals surface area (Å²) in [4.78, 5) is 3.19. The van der Waals surface area contributed by atoms with Crippen molar-refractivity contribution in [2.24, 2.45) is 0 Å². The van der Waals surface area contributed by atoms with Gasteiger partial charge in [0.15, 0.2) is 0 Å². The summed E-state index contributed by atoms with van der Waals surface area (Å²) in [5.41, 5.74) is 1.47. The minimum Gasteiger partial charge on any atom is -0.365 e. The quantitative estimate of drug-likeness (QED) is 0.596. The van der Waals surface area contributed by atoms with E-state index in [-0.39, 0.29) is 5.54 Å². The molecule has 3 N–H and O–H groups in total. The van der Waals surface area contributed by atoms with E-state index in [2.05, 4.69) is 35.5 Å². The number of rotatable bonds is 6. The predicted molar refractivity (Wildman–Crippen MR) is 60.5 cm³/mol. The van der Waals surface area contributed by atoms with Gasteiger partial charge in [-0.05, 0) is 39.4 Å². The molecular weight excluding hydrogens is 174 g/mol. The van der Waals surface area contributed by atoms with Crippen molar-refractivity contribution in [1.29, 1.82) is 0 Å². The van der Waals surface area contributed by atoms with Gasteiger partial charge in [0.1, 0.15) is 0 Å². The van der Waals surface area contributed by atoms with Gasteiger partial charge >= 0.3 is 0 Å². The Morgan fingerprint density at radius 3 is 2.79 bits per heavy atom. The summed E-state index contributed by atoms with van der Waals surface area (Å²) in [6.45, 7) is 6.39. The van der Waals surface area contributed by atoms with E-state index in [1.54, 1.807) is 0 Å². The van der Waals surface area contributed by atoms with Gasteiger partial charge in [-0.25, -0.2) is 0 Å². The second-order valence-electron chi connectivity index (χ2n) is 4.26. The Morgan fingerprint density at radius 1 is 1.43 bits per heavy atom. The second kappa shape index (κ2) is 5.17. The van der Waals surface area contributed by atoms with Gasteiger partial charge in [-0.1, -0.05) is 0 Å². The van der Waals surface area contributed by atoms with Crippen LogP contribution in [-0.2, 0) is 6.42 Å². The molecule has 0 saturated heterocycles. The molecule has 0 amide bonds. The van der Waals surface area contributed by atoms with Crippen LogP contribution in [0.1, 0.15) is 19.5 Å². The van der Waals surface area contributed by atoms with Crippen molar-refractivity contribution < 1.29 is 0 Å². The first-order valence-electron chi connectivity index (χ1n) is 5.16. The number of aromatic amines is 1. The van der Waals surface area contributed by atoms with Crippen LogP contribution < -0.4 is 10.6 Å². The molecule has 3 nitrogen and oxygen atoms in total. The van der Waals surface area contributed by atoms with Crippen LogP contribution >= 0.6 is 0 Å². The van der Waals surface area contributed by atoms with Gasteiger partial charge in [-0.3, -0.25) is 0 Å². The largest absolute Gasteiger partial charge is 0.365 e. The Labute approximate surface area is 86.3 Å². The van der Waals surface area contributed by atoms with E-state index in [4.69, 9.17) is 0 Å². The van der Waals surface area contributed by atoms with Gasteiger partial charge in [0.2, 0.25) is 0 Å². The maximum atomic E-state index is 3.43. The standard InChI is InChI=1S/C11H21N3/c1-11(2,12-3)9-13-8-6-10-5-4-7-14-10/h4-5,7,12-14H,6,8-9H2,1-3H3. The van der Waals surface area contributed by atoms with Crippen LogP contribution in [0.25, 0.3) is 0 Å². The van der Waals surface area contributed by atoms with Crippen molar-refractivity contribution in [2.75, 3.05) is 20.1 Å². The first kappa shape index (κ1) is 11.3. The summed E-state index contributed by atoms with van der Waals surface area (Å²) in [7, 11) is 1.99. The van der Waals surface area contributed by atoms with Crippen LogP contribution in [0.3, 0.4) is 0 Å². The van der Waals surface area contributed by atoms with E-state index in [1.807, 2.05) is 19.3 Å². The van der Waals surface area contributed by atoms with Crippen molar-refractivity contribution in [2.45, 2.75) is 25.8 Å². The molecule has 0 bridgehead atoms. The molecule has 1 heterocycles. The molecule has 0 radical (unpaired) electrons. The van der Waals surface area contributed by atoms with Crippen molar-refractivity contribution >= 4 is 0 Å². The molecule has 0 fully saturated rings. The molecule has 1 rings (SSSR count). The molecule has 1 aromatic heterocycles. The average Bonchev–Trinajstić information content (AvgIpc) is 2.65. The number of hydrogen-bond acceptors (Lipinski definition) is 2. The molecule has 1 aromatic rings. The normalized spacial score (nSPS) is 11.9. The van der Waals surface area contributed by atoms with E-state index in [9.17, 15) is 0 Å². The summed E-state index contributed by atoms with van der Waals surface area (Å²) in [5.74, 6) is 0. The lowest BCUT2D eigenvalue weighted by Gasteiger charge is -2.24. The molecule has 0 unspecified atom stereocenters. The molecule has 0 atom stereocenters. The van der Waals surface area contributed by atoms with E-state index >= 15 is 0 Å². The van der Waals surface area contributed by atoms with E-state index in [0.717, 1.165) is 19.5 Å². The molecule has 0 aliphatic rings. The van der Waals surface area contributed by atoms with E-state index in [0.29, 0.717) is 0 Å². The highest BCUT2D eigenvalue weighted by Gasteiger charge is 2.12. The lowest BCUT2D eigenvalue weighted by atomic mass is 10.1.